The van der Waals surface area contributed by atoms with Crippen LogP contribution in [0.1, 0.15) is 11.1 Å². The number of ether oxygens (including phenoxy) is 1. The van der Waals surface area contributed by atoms with Crippen LogP contribution in [0.2, 0.25) is 0 Å². The number of halogens is 3. The molecule has 0 atom stereocenters. The molecule has 0 bridgehead atoms. The fourth-order valence-corrected chi connectivity index (χ4v) is 4.99. The van der Waals surface area contributed by atoms with E-state index in [2.05, 4.69) is 15.3 Å². The van der Waals surface area contributed by atoms with Crippen molar-refractivity contribution in [1.82, 2.24) is 4.98 Å². The number of fused-ring (bicyclic) bond motifs is 1. The van der Waals surface area contributed by atoms with Crippen molar-refractivity contribution in [2.45, 2.75) is 10.5 Å². The molecule has 11 heteroatoms. The molecule has 0 aliphatic heterocycles. The van der Waals surface area contributed by atoms with E-state index in [0.29, 0.717) is 21.3 Å². The summed E-state index contributed by atoms with van der Waals surface area (Å²) in [7, 11) is 1.47. The number of nitrogens with one attached hydrogen (secondary N) is 1. The summed E-state index contributed by atoms with van der Waals surface area (Å²) >= 11 is 2.57. The van der Waals surface area contributed by atoms with Gasteiger partial charge in [0, 0.05) is 17.5 Å². The molecule has 180 valence electrons. The average Bonchev–Trinajstić information content (AvgIpc) is 3.24. The van der Waals surface area contributed by atoms with Gasteiger partial charge in [-0.25, -0.2) is 4.98 Å². The summed E-state index contributed by atoms with van der Waals surface area (Å²) in [5.74, 6) is -0.0850. The van der Waals surface area contributed by atoms with Gasteiger partial charge in [0.25, 0.3) is 0 Å². The summed E-state index contributed by atoms with van der Waals surface area (Å²) in [6.07, 6.45) is -2.94. The Balaban J connectivity index is 1.40. The summed E-state index contributed by atoms with van der Waals surface area (Å²) in [6, 6.07) is 15.0. The van der Waals surface area contributed by atoms with Gasteiger partial charge >= 0.3 is 6.18 Å². The van der Waals surface area contributed by atoms with Crippen molar-refractivity contribution in [3.05, 3.63) is 71.8 Å². The third-order valence-electron chi connectivity index (χ3n) is 4.76. The number of thioether (sulfide) groups is 1. The van der Waals surface area contributed by atoms with Gasteiger partial charge in [-0.05, 0) is 48.5 Å². The minimum atomic E-state index is -4.48. The van der Waals surface area contributed by atoms with Crippen molar-refractivity contribution >= 4 is 56.8 Å². The number of methoxy groups -OCH3 is 1. The van der Waals surface area contributed by atoms with E-state index in [9.17, 15) is 23.1 Å². The number of alkyl halides is 3. The van der Waals surface area contributed by atoms with Crippen LogP contribution in [0.25, 0.3) is 10.2 Å². The van der Waals surface area contributed by atoms with Crippen LogP contribution in [0.15, 0.2) is 70.0 Å². The van der Waals surface area contributed by atoms with Gasteiger partial charge in [-0.2, -0.15) is 13.2 Å². The highest BCUT2D eigenvalue weighted by molar-refractivity contribution is 8.01. The summed E-state index contributed by atoms with van der Waals surface area (Å²) in [4.78, 5) is 21.1. The van der Waals surface area contributed by atoms with E-state index in [1.807, 2.05) is 6.07 Å². The van der Waals surface area contributed by atoms with Crippen molar-refractivity contribution in [2.24, 2.45) is 4.99 Å². The molecule has 0 unspecified atom stereocenters. The predicted octanol–water partition coefficient (Wildman–Crippen LogP) is 6.51. The number of aliphatic imine (C=N–C) groups is 1. The topological polar surface area (TPSA) is 83.8 Å². The molecule has 3 aromatic carbocycles. The van der Waals surface area contributed by atoms with Gasteiger partial charge in [0.15, 0.2) is 15.8 Å². The monoisotopic (exact) mass is 517 g/mol. The minimum Gasteiger partial charge on any atom is -0.504 e. The highest BCUT2D eigenvalue weighted by Gasteiger charge is 2.30. The molecule has 6 nitrogen and oxygen atoms in total. The molecule has 0 aliphatic rings. The minimum absolute atomic E-state index is 0.000265. The van der Waals surface area contributed by atoms with Crippen molar-refractivity contribution in [3.8, 4) is 11.5 Å². The molecular weight excluding hydrogens is 499 g/mol. The largest absolute Gasteiger partial charge is 0.504 e. The Labute approximate surface area is 206 Å². The molecule has 4 rings (SSSR count). The number of benzene rings is 3. The van der Waals surface area contributed by atoms with Crippen molar-refractivity contribution in [3.63, 3.8) is 0 Å². The van der Waals surface area contributed by atoms with E-state index in [4.69, 9.17) is 4.74 Å². The first-order chi connectivity index (χ1) is 16.7. The molecule has 0 fully saturated rings. The van der Waals surface area contributed by atoms with Crippen LogP contribution in [-0.2, 0) is 11.0 Å². The fourth-order valence-electron chi connectivity index (χ4n) is 3.08. The second kappa shape index (κ2) is 10.4. The summed E-state index contributed by atoms with van der Waals surface area (Å²) in [6.45, 7) is 0. The molecule has 0 saturated carbocycles. The first-order valence-electron chi connectivity index (χ1n) is 10.1. The number of carbonyl (C=O) groups excluding carboxylic acids is 1. The van der Waals surface area contributed by atoms with Crippen LogP contribution in [0, 0.1) is 0 Å². The SMILES string of the molecule is COc1cccc(C=Nc2ccc3nc(SCC(=O)Nc4cccc(C(F)(F)F)c4)sc3c2)c1O. The Bertz CT molecular complexity index is 1400. The third-order valence-corrected chi connectivity index (χ3v) is 6.92. The van der Waals surface area contributed by atoms with E-state index in [1.54, 1.807) is 30.3 Å². The Morgan fingerprint density at radius 3 is 2.77 bits per heavy atom. The van der Waals surface area contributed by atoms with Gasteiger partial charge in [0.1, 0.15) is 0 Å². The maximum absolute atomic E-state index is 12.8. The number of thiazole rings is 1. The van der Waals surface area contributed by atoms with E-state index in [1.165, 1.54) is 48.6 Å². The summed E-state index contributed by atoms with van der Waals surface area (Å²) in [5.41, 5.74) is 1.16. The van der Waals surface area contributed by atoms with Crippen molar-refractivity contribution in [1.29, 1.82) is 0 Å². The van der Waals surface area contributed by atoms with Gasteiger partial charge < -0.3 is 15.2 Å². The Hall–Kier alpha value is -3.57. The number of aromatic nitrogens is 1. The molecule has 2 N–H and O–H groups in total. The lowest BCUT2D eigenvalue weighted by molar-refractivity contribution is -0.137. The van der Waals surface area contributed by atoms with Crippen LogP contribution in [0.4, 0.5) is 24.5 Å². The lowest BCUT2D eigenvalue weighted by atomic mass is 10.2. The number of amides is 1. The zero-order chi connectivity index (χ0) is 25.0. The number of nitrogens with zero attached hydrogens (tertiary/aromatic N) is 2. The molecule has 1 amide bonds. The van der Waals surface area contributed by atoms with Crippen LogP contribution in [-0.4, -0.2) is 35.1 Å². The number of hydrogen-bond acceptors (Lipinski definition) is 7. The van der Waals surface area contributed by atoms with E-state index in [0.717, 1.165) is 22.3 Å². The van der Waals surface area contributed by atoms with Crippen molar-refractivity contribution < 1.29 is 27.8 Å². The van der Waals surface area contributed by atoms with Gasteiger partial charge in [0.05, 0.1) is 34.3 Å². The van der Waals surface area contributed by atoms with Gasteiger partial charge in [-0.3, -0.25) is 9.79 Å². The Kier molecular flexibility index (Phi) is 7.27. The molecule has 0 radical (unpaired) electrons. The van der Waals surface area contributed by atoms with E-state index < -0.39 is 17.6 Å². The number of rotatable bonds is 7. The van der Waals surface area contributed by atoms with Crippen molar-refractivity contribution in [2.75, 3.05) is 18.2 Å². The molecule has 1 heterocycles. The van der Waals surface area contributed by atoms with Gasteiger partial charge in [0.2, 0.25) is 5.91 Å². The lowest BCUT2D eigenvalue weighted by Crippen LogP contribution is -2.14. The van der Waals surface area contributed by atoms with Crippen LogP contribution >= 0.6 is 23.1 Å². The van der Waals surface area contributed by atoms with Gasteiger partial charge in [-0.1, -0.05) is 23.9 Å². The van der Waals surface area contributed by atoms with Crippen LogP contribution < -0.4 is 10.1 Å². The standard InChI is InChI=1S/C24H18F3N3O3S2/c1-33-19-7-2-4-14(22(19)32)12-28-16-8-9-18-20(11-16)35-23(30-18)34-13-21(31)29-17-6-3-5-15(10-17)24(25,26)27/h2-12,32H,13H2,1H3,(H,29,31). The lowest BCUT2D eigenvalue weighted by Gasteiger charge is -2.09. The van der Waals surface area contributed by atoms with Crippen LogP contribution in [0.5, 0.6) is 11.5 Å². The highest BCUT2D eigenvalue weighted by atomic mass is 32.2. The highest BCUT2D eigenvalue weighted by Crippen LogP contribution is 2.33. The molecule has 1 aromatic heterocycles. The average molecular weight is 518 g/mol. The molecule has 4 aromatic rings. The van der Waals surface area contributed by atoms with Gasteiger partial charge in [-0.15, -0.1) is 11.3 Å². The zero-order valence-corrected chi connectivity index (χ0v) is 19.8. The molecule has 35 heavy (non-hydrogen) atoms. The third kappa shape index (κ3) is 6.11. The first kappa shape index (κ1) is 24.6. The number of para-hydroxylation sites is 1. The van der Waals surface area contributed by atoms with E-state index >= 15 is 0 Å². The quantitative estimate of drug-likeness (QED) is 0.216. The molecular formula is C24H18F3N3O3S2. The zero-order valence-electron chi connectivity index (χ0n) is 18.2. The molecule has 0 saturated heterocycles. The Morgan fingerprint density at radius 1 is 1.20 bits per heavy atom. The number of phenols is 1. The normalized spacial score (nSPS) is 11.8. The maximum Gasteiger partial charge on any atom is 0.416 e. The van der Waals surface area contributed by atoms with Crippen LogP contribution in [0.3, 0.4) is 0 Å². The number of phenolic OH excluding ortho intramolecular Hbond substituents is 1. The molecule has 0 aliphatic carbocycles. The first-order valence-corrected chi connectivity index (χ1v) is 11.9. The number of aromatic hydroxyl groups is 1. The number of carbonyl (C=O) groups is 1. The smallest absolute Gasteiger partial charge is 0.416 e. The maximum atomic E-state index is 12.8. The Morgan fingerprint density at radius 2 is 2.00 bits per heavy atom. The summed E-state index contributed by atoms with van der Waals surface area (Å²) < 4.78 is 45.1. The predicted molar refractivity (Wildman–Crippen MR) is 132 cm³/mol. The fraction of sp³-hybridized carbons (Fsp3) is 0.125. The number of hydrogen-bond donors (Lipinski definition) is 2. The molecule has 0 spiro atoms. The summed E-state index contributed by atoms with van der Waals surface area (Å²) in [5, 5.41) is 12.7. The van der Waals surface area contributed by atoms with E-state index in [-0.39, 0.29) is 17.2 Å². The second-order valence-electron chi connectivity index (χ2n) is 7.20. The second-order valence-corrected chi connectivity index (χ2v) is 9.46. The number of anilines is 1.